The van der Waals surface area contributed by atoms with Gasteiger partial charge in [0.05, 0.1) is 0 Å². The van der Waals surface area contributed by atoms with E-state index >= 15 is 0 Å². The van der Waals surface area contributed by atoms with Crippen molar-refractivity contribution in [1.29, 1.82) is 0 Å². The molecule has 6 heteroatoms. The van der Waals surface area contributed by atoms with E-state index in [1.165, 1.54) is 12.8 Å². The van der Waals surface area contributed by atoms with E-state index in [0.29, 0.717) is 29.0 Å². The number of nitrogens with zero attached hydrogens (tertiary/aromatic N) is 1. The second kappa shape index (κ2) is 9.19. The number of hydrogen-bond donors (Lipinski definition) is 3. The summed E-state index contributed by atoms with van der Waals surface area (Å²) in [5.74, 6) is -0.327. The summed E-state index contributed by atoms with van der Waals surface area (Å²) < 4.78 is 0. The van der Waals surface area contributed by atoms with Crippen molar-refractivity contribution in [2.75, 3.05) is 36.0 Å². The molecule has 1 saturated heterocycles. The number of nitrogens with one attached hydrogen (secondary N) is 2. The molecule has 0 aliphatic carbocycles. The maximum Gasteiger partial charge on any atom is 0.255 e. The Morgan fingerprint density at radius 2 is 1.70 bits per heavy atom. The fourth-order valence-electron chi connectivity index (χ4n) is 3.27. The molecule has 1 fully saturated rings. The van der Waals surface area contributed by atoms with Gasteiger partial charge in [0, 0.05) is 29.0 Å². The SMILES string of the molecule is Nc1cc(NC(=O)CCCN2CCCC2)cc(C(=O)Nc2ccccc2)c1. The molecule has 0 atom stereocenters. The fourth-order valence-corrected chi connectivity index (χ4v) is 3.27. The van der Waals surface area contributed by atoms with Crippen LogP contribution in [0, 0.1) is 0 Å². The Morgan fingerprint density at radius 1 is 0.963 bits per heavy atom. The zero-order chi connectivity index (χ0) is 19.1. The number of para-hydroxylation sites is 1. The number of hydrogen-bond acceptors (Lipinski definition) is 4. The van der Waals surface area contributed by atoms with Gasteiger partial charge in [0.25, 0.3) is 5.91 Å². The maximum atomic E-state index is 12.4. The number of anilines is 3. The molecule has 0 aromatic heterocycles. The lowest BCUT2D eigenvalue weighted by molar-refractivity contribution is -0.116. The van der Waals surface area contributed by atoms with Crippen molar-refractivity contribution < 1.29 is 9.59 Å². The average molecular weight is 366 g/mol. The van der Waals surface area contributed by atoms with Gasteiger partial charge in [-0.05, 0) is 69.2 Å². The van der Waals surface area contributed by atoms with Crippen molar-refractivity contribution in [2.45, 2.75) is 25.7 Å². The van der Waals surface area contributed by atoms with Gasteiger partial charge in [0.15, 0.2) is 0 Å². The third-order valence-corrected chi connectivity index (χ3v) is 4.61. The van der Waals surface area contributed by atoms with Crippen LogP contribution in [0.15, 0.2) is 48.5 Å². The van der Waals surface area contributed by atoms with Gasteiger partial charge in [-0.1, -0.05) is 18.2 Å². The van der Waals surface area contributed by atoms with Crippen LogP contribution in [-0.4, -0.2) is 36.3 Å². The third-order valence-electron chi connectivity index (χ3n) is 4.61. The number of nitrogen functional groups attached to an aromatic ring is 1. The first kappa shape index (κ1) is 18.9. The highest BCUT2D eigenvalue weighted by molar-refractivity contribution is 6.06. The molecule has 0 unspecified atom stereocenters. The van der Waals surface area contributed by atoms with Crippen LogP contribution in [0.25, 0.3) is 0 Å². The molecular formula is C21H26N4O2. The zero-order valence-electron chi connectivity index (χ0n) is 15.4. The largest absolute Gasteiger partial charge is 0.399 e. The molecule has 0 spiro atoms. The minimum absolute atomic E-state index is 0.0609. The Labute approximate surface area is 159 Å². The van der Waals surface area contributed by atoms with E-state index in [1.807, 2.05) is 30.3 Å². The maximum absolute atomic E-state index is 12.4. The Balaban J connectivity index is 1.55. The normalized spacial score (nSPS) is 14.1. The Bertz CT molecular complexity index is 786. The molecule has 27 heavy (non-hydrogen) atoms. The Morgan fingerprint density at radius 3 is 2.44 bits per heavy atom. The van der Waals surface area contributed by atoms with Gasteiger partial charge in [-0.15, -0.1) is 0 Å². The monoisotopic (exact) mass is 366 g/mol. The van der Waals surface area contributed by atoms with Crippen LogP contribution in [0.4, 0.5) is 17.1 Å². The molecule has 2 amide bonds. The summed E-state index contributed by atoms with van der Waals surface area (Å²) >= 11 is 0. The predicted octanol–water partition coefficient (Wildman–Crippen LogP) is 3.34. The molecule has 0 bridgehead atoms. The molecule has 1 aliphatic heterocycles. The summed E-state index contributed by atoms with van der Waals surface area (Å²) in [7, 11) is 0. The van der Waals surface area contributed by atoms with Gasteiger partial charge < -0.3 is 21.3 Å². The van der Waals surface area contributed by atoms with Crippen LogP contribution in [0.5, 0.6) is 0 Å². The number of carbonyl (C=O) groups is 2. The molecule has 4 N–H and O–H groups in total. The van der Waals surface area contributed by atoms with Gasteiger partial charge >= 0.3 is 0 Å². The highest BCUT2D eigenvalue weighted by atomic mass is 16.2. The Kier molecular flexibility index (Phi) is 6.44. The zero-order valence-corrected chi connectivity index (χ0v) is 15.4. The van der Waals surface area contributed by atoms with Gasteiger partial charge in [0.1, 0.15) is 0 Å². The Hall–Kier alpha value is -2.86. The lowest BCUT2D eigenvalue weighted by Crippen LogP contribution is -2.22. The van der Waals surface area contributed by atoms with Crippen LogP contribution >= 0.6 is 0 Å². The average Bonchev–Trinajstić information content (AvgIpc) is 3.15. The molecule has 1 aliphatic rings. The first-order valence-corrected chi connectivity index (χ1v) is 9.39. The van der Waals surface area contributed by atoms with E-state index in [-0.39, 0.29) is 11.8 Å². The predicted molar refractivity (Wildman–Crippen MR) is 109 cm³/mol. The minimum Gasteiger partial charge on any atom is -0.399 e. The van der Waals surface area contributed by atoms with Gasteiger partial charge in [-0.25, -0.2) is 0 Å². The van der Waals surface area contributed by atoms with Crippen molar-refractivity contribution in [3.63, 3.8) is 0 Å². The van der Waals surface area contributed by atoms with E-state index < -0.39 is 0 Å². The number of benzene rings is 2. The van der Waals surface area contributed by atoms with E-state index in [1.54, 1.807) is 18.2 Å². The number of amides is 2. The van der Waals surface area contributed by atoms with Crippen molar-refractivity contribution in [3.8, 4) is 0 Å². The third kappa shape index (κ3) is 5.82. The van der Waals surface area contributed by atoms with Crippen LogP contribution in [0.1, 0.15) is 36.0 Å². The topological polar surface area (TPSA) is 87.5 Å². The van der Waals surface area contributed by atoms with Crippen molar-refractivity contribution in [3.05, 3.63) is 54.1 Å². The molecule has 1 heterocycles. The van der Waals surface area contributed by atoms with E-state index in [2.05, 4.69) is 15.5 Å². The van der Waals surface area contributed by atoms with Crippen molar-refractivity contribution in [1.82, 2.24) is 4.90 Å². The van der Waals surface area contributed by atoms with E-state index in [4.69, 9.17) is 5.73 Å². The van der Waals surface area contributed by atoms with Crippen LogP contribution in [0.3, 0.4) is 0 Å². The first-order chi connectivity index (χ1) is 13.1. The highest BCUT2D eigenvalue weighted by Gasteiger charge is 2.13. The second-order valence-electron chi connectivity index (χ2n) is 6.86. The van der Waals surface area contributed by atoms with E-state index in [0.717, 1.165) is 26.1 Å². The van der Waals surface area contributed by atoms with Crippen LogP contribution < -0.4 is 16.4 Å². The number of rotatable bonds is 7. The molecule has 2 aromatic rings. The number of nitrogens with two attached hydrogens (primary N) is 1. The highest BCUT2D eigenvalue weighted by Crippen LogP contribution is 2.19. The summed E-state index contributed by atoms with van der Waals surface area (Å²) in [6.07, 6.45) is 3.79. The molecule has 6 nitrogen and oxygen atoms in total. The summed E-state index contributed by atoms with van der Waals surface area (Å²) in [5, 5.41) is 5.67. The molecule has 142 valence electrons. The van der Waals surface area contributed by atoms with Crippen molar-refractivity contribution in [2.24, 2.45) is 0 Å². The quantitative estimate of drug-likeness (QED) is 0.656. The molecule has 0 radical (unpaired) electrons. The molecule has 0 saturated carbocycles. The summed E-state index contributed by atoms with van der Waals surface area (Å²) in [4.78, 5) is 27.0. The summed E-state index contributed by atoms with van der Waals surface area (Å²) in [6, 6.07) is 14.1. The van der Waals surface area contributed by atoms with Gasteiger partial charge in [0.2, 0.25) is 5.91 Å². The first-order valence-electron chi connectivity index (χ1n) is 9.39. The van der Waals surface area contributed by atoms with E-state index in [9.17, 15) is 9.59 Å². The molecular weight excluding hydrogens is 340 g/mol. The van der Waals surface area contributed by atoms with Gasteiger partial charge in [-0.3, -0.25) is 9.59 Å². The smallest absolute Gasteiger partial charge is 0.255 e. The fraction of sp³-hybridized carbons (Fsp3) is 0.333. The van der Waals surface area contributed by atoms with Crippen LogP contribution in [0.2, 0.25) is 0 Å². The second-order valence-corrected chi connectivity index (χ2v) is 6.86. The lowest BCUT2D eigenvalue weighted by Gasteiger charge is -2.14. The molecule has 3 rings (SSSR count). The minimum atomic E-state index is -0.266. The van der Waals surface area contributed by atoms with Crippen molar-refractivity contribution >= 4 is 28.9 Å². The summed E-state index contributed by atoms with van der Waals surface area (Å²) in [5.41, 5.74) is 8.00. The number of carbonyl (C=O) groups excluding carboxylic acids is 2. The summed E-state index contributed by atoms with van der Waals surface area (Å²) in [6.45, 7) is 3.22. The van der Waals surface area contributed by atoms with Gasteiger partial charge in [-0.2, -0.15) is 0 Å². The number of likely N-dealkylation sites (tertiary alicyclic amines) is 1. The standard InChI is InChI=1S/C21H26N4O2/c22-17-13-16(21(27)24-18-7-2-1-3-8-18)14-19(15-17)23-20(26)9-6-12-25-10-4-5-11-25/h1-3,7-8,13-15H,4-6,9-12,22H2,(H,23,26)(H,24,27). The van der Waals surface area contributed by atoms with Crippen LogP contribution in [-0.2, 0) is 4.79 Å². The lowest BCUT2D eigenvalue weighted by atomic mass is 10.1. The molecule has 2 aromatic carbocycles.